The van der Waals surface area contributed by atoms with Crippen LogP contribution in [0.2, 0.25) is 0 Å². The second-order valence-electron chi connectivity index (χ2n) is 3.55. The van der Waals surface area contributed by atoms with Crippen LogP contribution >= 0.6 is 0 Å². The first-order chi connectivity index (χ1) is 8.09. The minimum Gasteiger partial charge on any atom is -0.481 e. The smallest absolute Gasteiger partial charge is 0.481 e. The van der Waals surface area contributed by atoms with E-state index in [0.717, 1.165) is 25.1 Å². The van der Waals surface area contributed by atoms with Crippen LogP contribution in [0.15, 0.2) is 29.2 Å². The number of benzene rings is 1. The SMILES string of the molecule is CC(C(=O)O)c1ccccc1S(=O)(=O)C(F)(F)F. The average Bonchev–Trinajstić information content (AvgIpc) is 2.26. The van der Waals surface area contributed by atoms with Gasteiger partial charge in [-0.25, -0.2) is 8.42 Å². The second kappa shape index (κ2) is 4.60. The van der Waals surface area contributed by atoms with Gasteiger partial charge in [-0.3, -0.25) is 4.79 Å². The largest absolute Gasteiger partial charge is 0.501 e. The van der Waals surface area contributed by atoms with E-state index in [1.54, 1.807) is 0 Å². The third-order valence-electron chi connectivity index (χ3n) is 2.35. The van der Waals surface area contributed by atoms with Crippen LogP contribution in [0.25, 0.3) is 0 Å². The maximum atomic E-state index is 12.4. The number of carbonyl (C=O) groups is 1. The summed E-state index contributed by atoms with van der Waals surface area (Å²) in [5, 5.41) is 8.75. The van der Waals surface area contributed by atoms with Crippen LogP contribution in [-0.4, -0.2) is 25.0 Å². The van der Waals surface area contributed by atoms with Crippen molar-refractivity contribution in [2.45, 2.75) is 23.2 Å². The van der Waals surface area contributed by atoms with Crippen LogP contribution < -0.4 is 0 Å². The highest BCUT2D eigenvalue weighted by Crippen LogP contribution is 2.34. The number of aliphatic carboxylic acids is 1. The normalized spacial score (nSPS) is 14.2. The average molecular weight is 282 g/mol. The molecule has 0 amide bonds. The van der Waals surface area contributed by atoms with Gasteiger partial charge in [0.25, 0.3) is 9.84 Å². The van der Waals surface area contributed by atoms with Gasteiger partial charge in [-0.15, -0.1) is 0 Å². The molecule has 0 saturated carbocycles. The van der Waals surface area contributed by atoms with Crippen molar-refractivity contribution in [3.8, 4) is 0 Å². The third kappa shape index (κ3) is 2.47. The van der Waals surface area contributed by atoms with Crippen LogP contribution in [0, 0.1) is 0 Å². The summed E-state index contributed by atoms with van der Waals surface area (Å²) < 4.78 is 59.9. The number of sulfone groups is 1. The number of alkyl halides is 3. The zero-order valence-corrected chi connectivity index (χ0v) is 9.92. The Hall–Kier alpha value is -1.57. The van der Waals surface area contributed by atoms with E-state index < -0.39 is 32.1 Å². The maximum absolute atomic E-state index is 12.4. The molecule has 0 aliphatic carbocycles. The lowest BCUT2D eigenvalue weighted by Gasteiger charge is -2.14. The first-order valence-corrected chi connectivity index (χ1v) is 6.20. The van der Waals surface area contributed by atoms with Crippen molar-refractivity contribution in [1.82, 2.24) is 0 Å². The molecule has 1 unspecified atom stereocenters. The number of halogens is 3. The fourth-order valence-electron chi connectivity index (χ4n) is 1.34. The quantitative estimate of drug-likeness (QED) is 0.922. The summed E-state index contributed by atoms with van der Waals surface area (Å²) in [6.45, 7) is 1.12. The zero-order chi connectivity index (χ0) is 14.1. The molecule has 1 N–H and O–H groups in total. The van der Waals surface area contributed by atoms with E-state index in [-0.39, 0.29) is 5.56 Å². The van der Waals surface area contributed by atoms with Gasteiger partial charge in [-0.05, 0) is 18.6 Å². The van der Waals surface area contributed by atoms with E-state index in [9.17, 15) is 26.4 Å². The Balaban J connectivity index is 3.49. The van der Waals surface area contributed by atoms with E-state index >= 15 is 0 Å². The van der Waals surface area contributed by atoms with Crippen LogP contribution in [0.5, 0.6) is 0 Å². The second-order valence-corrected chi connectivity index (χ2v) is 5.46. The Kier molecular flexibility index (Phi) is 3.70. The zero-order valence-electron chi connectivity index (χ0n) is 9.10. The molecular weight excluding hydrogens is 273 g/mol. The Morgan fingerprint density at radius 1 is 1.28 bits per heavy atom. The van der Waals surface area contributed by atoms with Gasteiger partial charge < -0.3 is 5.11 Å². The molecule has 0 radical (unpaired) electrons. The fraction of sp³-hybridized carbons (Fsp3) is 0.300. The minimum absolute atomic E-state index is 0.387. The molecule has 100 valence electrons. The van der Waals surface area contributed by atoms with E-state index in [2.05, 4.69) is 0 Å². The van der Waals surface area contributed by atoms with E-state index in [1.807, 2.05) is 0 Å². The van der Waals surface area contributed by atoms with Crippen molar-refractivity contribution >= 4 is 15.8 Å². The lowest BCUT2D eigenvalue weighted by molar-refractivity contribution is -0.138. The van der Waals surface area contributed by atoms with E-state index in [1.165, 1.54) is 6.07 Å². The lowest BCUT2D eigenvalue weighted by Crippen LogP contribution is -2.25. The molecule has 0 heterocycles. The predicted octanol–water partition coefficient (Wildman–Crippen LogP) is 2.17. The van der Waals surface area contributed by atoms with Crippen LogP contribution in [-0.2, 0) is 14.6 Å². The molecule has 1 aromatic carbocycles. The van der Waals surface area contributed by atoms with Crippen molar-refractivity contribution in [3.05, 3.63) is 29.8 Å². The maximum Gasteiger partial charge on any atom is 0.501 e. The third-order valence-corrected chi connectivity index (χ3v) is 3.91. The van der Waals surface area contributed by atoms with Gasteiger partial charge in [0.05, 0.1) is 10.8 Å². The van der Waals surface area contributed by atoms with Gasteiger partial charge in [0.15, 0.2) is 0 Å². The van der Waals surface area contributed by atoms with Gasteiger partial charge in [0.2, 0.25) is 0 Å². The molecule has 0 aliphatic rings. The molecule has 0 saturated heterocycles. The highest BCUT2D eigenvalue weighted by molar-refractivity contribution is 7.92. The number of rotatable bonds is 3. The summed E-state index contributed by atoms with van der Waals surface area (Å²) in [6, 6.07) is 4.19. The summed E-state index contributed by atoms with van der Waals surface area (Å²) in [7, 11) is -5.55. The molecule has 1 aromatic rings. The molecule has 4 nitrogen and oxygen atoms in total. The molecule has 18 heavy (non-hydrogen) atoms. The molecule has 0 bridgehead atoms. The lowest BCUT2D eigenvalue weighted by atomic mass is 10.0. The topological polar surface area (TPSA) is 71.4 Å². The predicted molar refractivity (Wildman–Crippen MR) is 55.7 cm³/mol. The molecule has 1 atom stereocenters. The summed E-state index contributed by atoms with van der Waals surface area (Å²) in [5.41, 5.74) is -5.84. The summed E-state index contributed by atoms with van der Waals surface area (Å²) >= 11 is 0. The number of carboxylic acids is 1. The molecular formula is C10H9F3O4S. The van der Waals surface area contributed by atoms with Gasteiger partial charge in [0.1, 0.15) is 0 Å². The molecule has 8 heteroatoms. The van der Waals surface area contributed by atoms with Gasteiger partial charge in [0, 0.05) is 0 Å². The molecule has 0 spiro atoms. The van der Waals surface area contributed by atoms with Crippen LogP contribution in [0.4, 0.5) is 13.2 Å². The first-order valence-electron chi connectivity index (χ1n) is 4.72. The van der Waals surface area contributed by atoms with Gasteiger partial charge in [-0.1, -0.05) is 18.2 Å². The summed E-state index contributed by atoms with van der Waals surface area (Å²) in [6.07, 6.45) is 0. The molecule has 0 fully saturated rings. The van der Waals surface area contributed by atoms with Crippen molar-refractivity contribution in [3.63, 3.8) is 0 Å². The summed E-state index contributed by atoms with van der Waals surface area (Å²) in [4.78, 5) is 9.73. The first kappa shape index (κ1) is 14.5. The van der Waals surface area contributed by atoms with Crippen molar-refractivity contribution in [2.24, 2.45) is 0 Å². The Labute approximate surface area is 101 Å². The van der Waals surface area contributed by atoms with Gasteiger partial charge >= 0.3 is 11.5 Å². The Bertz CT molecular complexity index is 563. The molecule has 0 aromatic heterocycles. The number of carboxylic acid groups (broad SMARTS) is 1. The highest BCUT2D eigenvalue weighted by atomic mass is 32.2. The van der Waals surface area contributed by atoms with Crippen molar-refractivity contribution in [2.75, 3.05) is 0 Å². The van der Waals surface area contributed by atoms with Gasteiger partial charge in [-0.2, -0.15) is 13.2 Å². The van der Waals surface area contributed by atoms with Crippen molar-refractivity contribution in [1.29, 1.82) is 0 Å². The molecule has 0 aliphatic heterocycles. The number of hydrogen-bond donors (Lipinski definition) is 1. The summed E-state index contributed by atoms with van der Waals surface area (Å²) in [5.74, 6) is -2.75. The Morgan fingerprint density at radius 3 is 2.22 bits per heavy atom. The number of hydrogen-bond acceptors (Lipinski definition) is 3. The minimum atomic E-state index is -5.55. The fourth-order valence-corrected chi connectivity index (χ4v) is 2.40. The van der Waals surface area contributed by atoms with E-state index in [0.29, 0.717) is 0 Å². The highest BCUT2D eigenvalue weighted by Gasteiger charge is 2.48. The van der Waals surface area contributed by atoms with Crippen LogP contribution in [0.1, 0.15) is 18.4 Å². The van der Waals surface area contributed by atoms with E-state index in [4.69, 9.17) is 5.11 Å². The molecule has 1 rings (SSSR count). The standard InChI is InChI=1S/C10H9F3O4S/c1-6(9(14)15)7-4-2-3-5-8(7)18(16,17)10(11,12)13/h2-6H,1H3,(H,14,15). The van der Waals surface area contributed by atoms with Crippen LogP contribution in [0.3, 0.4) is 0 Å². The monoisotopic (exact) mass is 282 g/mol. The van der Waals surface area contributed by atoms with Crippen molar-refractivity contribution < 1.29 is 31.5 Å². The Morgan fingerprint density at radius 2 is 1.78 bits per heavy atom.